The summed E-state index contributed by atoms with van der Waals surface area (Å²) in [5, 5.41) is 0. The number of nitrogens with two attached hydrogens (primary N) is 1. The lowest BCUT2D eigenvalue weighted by atomic mass is 9.65. The summed E-state index contributed by atoms with van der Waals surface area (Å²) >= 11 is 5.03. The zero-order valence-electron chi connectivity index (χ0n) is 14.1. The van der Waals surface area contributed by atoms with E-state index in [1.165, 1.54) is 36.9 Å². The summed E-state index contributed by atoms with van der Waals surface area (Å²) in [5.41, 5.74) is 9.29. The van der Waals surface area contributed by atoms with Crippen molar-refractivity contribution in [3.63, 3.8) is 0 Å². The van der Waals surface area contributed by atoms with Crippen LogP contribution in [0.4, 0.5) is 0 Å². The van der Waals surface area contributed by atoms with Crippen molar-refractivity contribution in [2.75, 3.05) is 6.54 Å². The lowest BCUT2D eigenvalue weighted by Crippen LogP contribution is -2.34. The molecule has 0 radical (unpaired) electrons. The molecule has 1 saturated heterocycles. The van der Waals surface area contributed by atoms with Crippen LogP contribution >= 0.6 is 12.2 Å². The topological polar surface area (TPSA) is 29.3 Å². The Kier molecular flexibility index (Phi) is 4.07. The third kappa shape index (κ3) is 3.52. The second kappa shape index (κ2) is 5.61. The van der Waals surface area contributed by atoms with Crippen molar-refractivity contribution in [2.24, 2.45) is 16.6 Å². The molecule has 1 aliphatic heterocycles. The average Bonchev–Trinajstić information content (AvgIpc) is 2.57. The highest BCUT2D eigenvalue weighted by Gasteiger charge is 2.49. The first-order valence-electron chi connectivity index (χ1n) is 8.35. The molecule has 0 amide bonds. The van der Waals surface area contributed by atoms with Crippen LogP contribution in [0.5, 0.6) is 0 Å². The molecule has 0 aromatic heterocycles. The molecule has 2 atom stereocenters. The molecule has 2 unspecified atom stereocenters. The minimum atomic E-state index is 0.486. The van der Waals surface area contributed by atoms with Crippen LogP contribution in [0.3, 0.4) is 0 Å². The van der Waals surface area contributed by atoms with E-state index in [1.807, 2.05) is 0 Å². The van der Waals surface area contributed by atoms with Gasteiger partial charge in [-0.25, -0.2) is 0 Å². The van der Waals surface area contributed by atoms with Crippen LogP contribution < -0.4 is 5.73 Å². The van der Waals surface area contributed by atoms with E-state index in [2.05, 4.69) is 49.9 Å². The molecule has 2 aliphatic rings. The van der Waals surface area contributed by atoms with Gasteiger partial charge in [0.05, 0.1) is 4.99 Å². The van der Waals surface area contributed by atoms with E-state index in [0.717, 1.165) is 12.6 Å². The first-order chi connectivity index (χ1) is 10.2. The smallest absolute Gasteiger partial charge is 0.0771 e. The fraction of sp³-hybridized carbons (Fsp3) is 0.632. The van der Waals surface area contributed by atoms with Crippen molar-refractivity contribution < 1.29 is 0 Å². The maximum Gasteiger partial charge on any atom is 0.0771 e. The summed E-state index contributed by atoms with van der Waals surface area (Å²) in [5.74, 6) is 0. The van der Waals surface area contributed by atoms with Crippen LogP contribution in [-0.4, -0.2) is 22.5 Å². The van der Waals surface area contributed by atoms with Crippen molar-refractivity contribution >= 4 is 17.2 Å². The van der Waals surface area contributed by atoms with Crippen molar-refractivity contribution in [3.8, 4) is 0 Å². The highest BCUT2D eigenvalue weighted by atomic mass is 32.1. The van der Waals surface area contributed by atoms with Gasteiger partial charge in [-0.2, -0.15) is 0 Å². The second-order valence-corrected chi connectivity index (χ2v) is 9.11. The van der Waals surface area contributed by atoms with Gasteiger partial charge >= 0.3 is 0 Å². The second-order valence-electron chi connectivity index (χ2n) is 8.58. The van der Waals surface area contributed by atoms with E-state index in [1.54, 1.807) is 0 Å². The van der Waals surface area contributed by atoms with Gasteiger partial charge in [0.25, 0.3) is 0 Å². The largest absolute Gasteiger partial charge is 0.393 e. The van der Waals surface area contributed by atoms with Gasteiger partial charge in [0, 0.05) is 25.6 Å². The third-order valence-electron chi connectivity index (χ3n) is 5.28. The molecular formula is C19H28N2S. The van der Waals surface area contributed by atoms with Crippen molar-refractivity contribution in [1.29, 1.82) is 0 Å². The van der Waals surface area contributed by atoms with E-state index in [0.29, 0.717) is 22.2 Å². The molecule has 2 bridgehead atoms. The average molecular weight is 317 g/mol. The Bertz CT molecular complexity index is 581. The Morgan fingerprint density at radius 1 is 1.27 bits per heavy atom. The van der Waals surface area contributed by atoms with Crippen LogP contribution in [0.15, 0.2) is 24.3 Å². The molecule has 1 aromatic rings. The fourth-order valence-electron chi connectivity index (χ4n) is 5.04. The quantitative estimate of drug-likeness (QED) is 0.854. The minimum Gasteiger partial charge on any atom is -0.393 e. The van der Waals surface area contributed by atoms with Crippen LogP contribution in [0, 0.1) is 10.8 Å². The predicted molar refractivity (Wildman–Crippen MR) is 96.9 cm³/mol. The number of thiocarbonyl (C=S) groups is 1. The van der Waals surface area contributed by atoms with Crippen LogP contribution in [0.25, 0.3) is 0 Å². The van der Waals surface area contributed by atoms with E-state index >= 15 is 0 Å². The maximum atomic E-state index is 5.68. The molecule has 22 heavy (non-hydrogen) atoms. The Hall–Kier alpha value is -0.930. The SMILES string of the molecule is CC1(C)CC2CC(C)(CN2Cc2cccc(CC(N)=S)c2)C1. The zero-order chi connectivity index (χ0) is 16.0. The summed E-state index contributed by atoms with van der Waals surface area (Å²) in [7, 11) is 0. The molecular weight excluding hydrogens is 288 g/mol. The number of nitrogens with zero attached hydrogens (tertiary/aromatic N) is 1. The summed E-state index contributed by atoms with van der Waals surface area (Å²) in [6.07, 6.45) is 4.75. The molecule has 1 saturated carbocycles. The Balaban J connectivity index is 1.73. The molecule has 1 heterocycles. The van der Waals surface area contributed by atoms with Gasteiger partial charge in [0.2, 0.25) is 0 Å². The van der Waals surface area contributed by atoms with Gasteiger partial charge in [-0.3, -0.25) is 4.90 Å². The summed E-state index contributed by atoms with van der Waals surface area (Å²) < 4.78 is 0. The third-order valence-corrected chi connectivity index (χ3v) is 5.42. The number of benzene rings is 1. The molecule has 2 fully saturated rings. The number of likely N-dealkylation sites (tertiary alicyclic amines) is 1. The van der Waals surface area contributed by atoms with Gasteiger partial charge < -0.3 is 5.73 Å². The summed E-state index contributed by atoms with van der Waals surface area (Å²) in [6, 6.07) is 9.51. The lowest BCUT2D eigenvalue weighted by molar-refractivity contribution is 0.126. The van der Waals surface area contributed by atoms with Gasteiger partial charge in [0.1, 0.15) is 0 Å². The molecule has 3 rings (SSSR count). The molecule has 1 aliphatic carbocycles. The van der Waals surface area contributed by atoms with Gasteiger partial charge in [0.15, 0.2) is 0 Å². The van der Waals surface area contributed by atoms with Gasteiger partial charge in [-0.15, -0.1) is 0 Å². The molecule has 0 spiro atoms. The van der Waals surface area contributed by atoms with E-state index < -0.39 is 0 Å². The Morgan fingerprint density at radius 3 is 2.73 bits per heavy atom. The summed E-state index contributed by atoms with van der Waals surface area (Å²) in [6.45, 7) is 9.64. The lowest BCUT2D eigenvalue weighted by Gasteiger charge is -2.40. The first kappa shape index (κ1) is 15.9. The monoisotopic (exact) mass is 316 g/mol. The number of hydrogen-bond acceptors (Lipinski definition) is 2. The fourth-order valence-corrected chi connectivity index (χ4v) is 5.20. The maximum absolute atomic E-state index is 5.68. The number of fused-ring (bicyclic) bond motifs is 2. The first-order valence-corrected chi connectivity index (χ1v) is 8.76. The zero-order valence-corrected chi connectivity index (χ0v) is 14.9. The molecule has 1 aromatic carbocycles. The van der Waals surface area contributed by atoms with Crippen LogP contribution in [0.1, 0.15) is 51.2 Å². The normalized spacial score (nSPS) is 30.4. The molecule has 3 heteroatoms. The van der Waals surface area contributed by atoms with E-state index in [-0.39, 0.29) is 0 Å². The summed E-state index contributed by atoms with van der Waals surface area (Å²) in [4.78, 5) is 3.28. The van der Waals surface area contributed by atoms with Crippen molar-refractivity contribution in [3.05, 3.63) is 35.4 Å². The number of rotatable bonds is 4. The van der Waals surface area contributed by atoms with E-state index in [4.69, 9.17) is 18.0 Å². The predicted octanol–water partition coefficient (Wildman–Crippen LogP) is 3.92. The molecule has 120 valence electrons. The Morgan fingerprint density at radius 2 is 2.00 bits per heavy atom. The van der Waals surface area contributed by atoms with Crippen LogP contribution in [-0.2, 0) is 13.0 Å². The molecule has 2 nitrogen and oxygen atoms in total. The van der Waals surface area contributed by atoms with Gasteiger partial charge in [-0.05, 0) is 41.2 Å². The molecule has 2 N–H and O–H groups in total. The van der Waals surface area contributed by atoms with E-state index in [9.17, 15) is 0 Å². The van der Waals surface area contributed by atoms with Gasteiger partial charge in [-0.1, -0.05) is 57.3 Å². The van der Waals surface area contributed by atoms with Crippen molar-refractivity contribution in [2.45, 2.75) is 59.0 Å². The van der Waals surface area contributed by atoms with Crippen LogP contribution in [0.2, 0.25) is 0 Å². The Labute approximate surface area is 140 Å². The number of hydrogen-bond donors (Lipinski definition) is 1. The standard InChI is InChI=1S/C19H28N2S/c1-18(2)9-16-10-19(3,12-18)13-21(16)11-15-6-4-5-14(7-15)8-17(20)22/h4-7,16H,8-13H2,1-3H3,(H2,20,22). The highest BCUT2D eigenvalue weighted by Crippen LogP contribution is 2.52. The van der Waals surface area contributed by atoms with Crippen molar-refractivity contribution in [1.82, 2.24) is 4.90 Å². The highest BCUT2D eigenvalue weighted by molar-refractivity contribution is 7.80. The minimum absolute atomic E-state index is 0.486.